The summed E-state index contributed by atoms with van der Waals surface area (Å²) in [5, 5.41) is 14.0. The van der Waals surface area contributed by atoms with Crippen LogP contribution in [0.5, 0.6) is 0 Å². The minimum absolute atomic E-state index is 0.104. The Morgan fingerprint density at radius 3 is 2.43 bits per heavy atom. The lowest BCUT2D eigenvalue weighted by Gasteiger charge is -2.33. The van der Waals surface area contributed by atoms with Crippen molar-refractivity contribution in [3.63, 3.8) is 0 Å². The first kappa shape index (κ1) is 17.7. The van der Waals surface area contributed by atoms with Crippen LogP contribution in [0.2, 0.25) is 0 Å². The number of carboxylic acids is 1. The molecule has 4 N–H and O–H groups in total. The van der Waals surface area contributed by atoms with Crippen molar-refractivity contribution in [3.05, 3.63) is 0 Å². The maximum absolute atomic E-state index is 11.7. The summed E-state index contributed by atoms with van der Waals surface area (Å²) in [6.45, 7) is 2.33. The molecular weight excluding hydrogens is 302 g/mol. The van der Waals surface area contributed by atoms with E-state index in [2.05, 4.69) is 15.4 Å². The Bertz CT molecular complexity index is 472. The summed E-state index contributed by atoms with van der Waals surface area (Å²) in [4.78, 5) is 23.0. The highest BCUT2D eigenvalue weighted by Gasteiger charge is 2.41. The molecule has 0 saturated carbocycles. The van der Waals surface area contributed by atoms with Crippen molar-refractivity contribution in [2.75, 3.05) is 32.1 Å². The average Bonchev–Trinajstić information content (AvgIpc) is 2.39. The molecule has 0 aliphatic carbocycles. The molecule has 1 rings (SSSR count). The van der Waals surface area contributed by atoms with E-state index in [4.69, 9.17) is 4.74 Å². The number of carbonyl (C=O) groups excluding carboxylic acids is 1. The molecule has 1 fully saturated rings. The molecule has 0 aromatic heterocycles. The van der Waals surface area contributed by atoms with E-state index in [0.29, 0.717) is 0 Å². The highest BCUT2D eigenvalue weighted by molar-refractivity contribution is 7.89. The van der Waals surface area contributed by atoms with Crippen molar-refractivity contribution in [1.82, 2.24) is 15.4 Å². The molecule has 10 heteroatoms. The fourth-order valence-corrected chi connectivity index (χ4v) is 2.92. The van der Waals surface area contributed by atoms with E-state index in [0.717, 1.165) is 0 Å². The second-order valence-corrected chi connectivity index (χ2v) is 6.62. The first-order valence-electron chi connectivity index (χ1n) is 6.66. The molecule has 0 aromatic carbocycles. The minimum Gasteiger partial charge on any atom is -0.480 e. The maximum atomic E-state index is 11.7. The Morgan fingerprint density at radius 1 is 1.29 bits per heavy atom. The fourth-order valence-electron chi connectivity index (χ4n) is 1.96. The summed E-state index contributed by atoms with van der Waals surface area (Å²) in [5.74, 6) is -1.39. The first-order chi connectivity index (χ1) is 9.81. The van der Waals surface area contributed by atoms with Gasteiger partial charge < -0.3 is 20.5 Å². The van der Waals surface area contributed by atoms with Crippen LogP contribution < -0.4 is 15.4 Å². The lowest BCUT2D eigenvalue weighted by Crippen LogP contribution is -2.60. The largest absolute Gasteiger partial charge is 0.480 e. The molecule has 9 nitrogen and oxygen atoms in total. The number of nitrogens with one attached hydrogen (secondary N) is 3. The van der Waals surface area contributed by atoms with Gasteiger partial charge in [-0.25, -0.2) is 22.7 Å². The standard InChI is InChI=1S/C11H21N3O6S/c1-2-13-21(18,19)8-5-12-10(17)14-11(9(15)16)3-6-20-7-4-11/h13H,2-8H2,1H3,(H,15,16)(H2,12,14,17). The molecule has 21 heavy (non-hydrogen) atoms. The monoisotopic (exact) mass is 323 g/mol. The summed E-state index contributed by atoms with van der Waals surface area (Å²) in [6, 6.07) is -0.703. The Labute approximate surface area is 123 Å². The number of hydrogen-bond donors (Lipinski definition) is 4. The summed E-state index contributed by atoms with van der Waals surface area (Å²) in [6.07, 6.45) is 0.344. The molecule has 0 atom stereocenters. The van der Waals surface area contributed by atoms with Crippen LogP contribution in [0.3, 0.4) is 0 Å². The van der Waals surface area contributed by atoms with Gasteiger partial charge in [0, 0.05) is 39.1 Å². The maximum Gasteiger partial charge on any atom is 0.329 e. The summed E-state index contributed by atoms with van der Waals surface area (Å²) < 4.78 is 30.1. The van der Waals surface area contributed by atoms with Crippen LogP contribution in [0.1, 0.15) is 19.8 Å². The zero-order valence-electron chi connectivity index (χ0n) is 11.8. The molecule has 1 saturated heterocycles. The molecule has 0 spiro atoms. The predicted octanol–water partition coefficient (Wildman–Crippen LogP) is -1.14. The number of amides is 2. The van der Waals surface area contributed by atoms with Crippen molar-refractivity contribution in [1.29, 1.82) is 0 Å². The molecule has 0 aromatic rings. The quantitative estimate of drug-likeness (QED) is 0.468. The molecule has 1 heterocycles. The average molecular weight is 323 g/mol. The van der Waals surface area contributed by atoms with Crippen LogP contribution in [-0.2, 0) is 19.6 Å². The zero-order chi connectivity index (χ0) is 15.9. The molecule has 0 unspecified atom stereocenters. The van der Waals surface area contributed by atoms with E-state index in [-0.39, 0.29) is 44.9 Å². The normalized spacial score (nSPS) is 18.0. The van der Waals surface area contributed by atoms with Gasteiger partial charge in [0.05, 0.1) is 5.75 Å². The smallest absolute Gasteiger partial charge is 0.329 e. The second-order valence-electron chi connectivity index (χ2n) is 4.70. The van der Waals surface area contributed by atoms with Crippen LogP contribution in [0.15, 0.2) is 0 Å². The lowest BCUT2D eigenvalue weighted by molar-refractivity contribution is -0.148. The topological polar surface area (TPSA) is 134 Å². The molecule has 1 aliphatic heterocycles. The third-order valence-electron chi connectivity index (χ3n) is 3.13. The van der Waals surface area contributed by atoms with E-state index < -0.39 is 27.6 Å². The fraction of sp³-hybridized carbons (Fsp3) is 0.818. The van der Waals surface area contributed by atoms with Crippen LogP contribution in [0.4, 0.5) is 4.79 Å². The van der Waals surface area contributed by atoms with E-state index in [1.165, 1.54) is 0 Å². The number of carbonyl (C=O) groups is 2. The van der Waals surface area contributed by atoms with Crippen LogP contribution in [0, 0.1) is 0 Å². The lowest BCUT2D eigenvalue weighted by atomic mass is 9.90. The van der Waals surface area contributed by atoms with Gasteiger partial charge in [0.1, 0.15) is 5.54 Å². The number of sulfonamides is 1. The minimum atomic E-state index is -3.42. The van der Waals surface area contributed by atoms with Crippen LogP contribution in [0.25, 0.3) is 0 Å². The van der Waals surface area contributed by atoms with Crippen molar-refractivity contribution < 1.29 is 27.9 Å². The number of hydrogen-bond acceptors (Lipinski definition) is 5. The van der Waals surface area contributed by atoms with Gasteiger partial charge in [0.2, 0.25) is 10.0 Å². The highest BCUT2D eigenvalue weighted by Crippen LogP contribution is 2.20. The molecule has 0 radical (unpaired) electrons. The van der Waals surface area contributed by atoms with Gasteiger partial charge in [-0.2, -0.15) is 0 Å². The van der Waals surface area contributed by atoms with Crippen molar-refractivity contribution in [2.45, 2.75) is 25.3 Å². The summed E-state index contributed by atoms with van der Waals surface area (Å²) >= 11 is 0. The van der Waals surface area contributed by atoms with Gasteiger partial charge in [-0.05, 0) is 0 Å². The Morgan fingerprint density at radius 2 is 1.90 bits per heavy atom. The summed E-state index contributed by atoms with van der Waals surface area (Å²) in [7, 11) is -3.42. The Balaban J connectivity index is 2.47. The number of urea groups is 1. The van der Waals surface area contributed by atoms with E-state index >= 15 is 0 Å². The van der Waals surface area contributed by atoms with Gasteiger partial charge >= 0.3 is 12.0 Å². The molecule has 0 bridgehead atoms. The van der Waals surface area contributed by atoms with Gasteiger partial charge in [-0.3, -0.25) is 0 Å². The summed E-state index contributed by atoms with van der Waals surface area (Å²) in [5.41, 5.74) is -1.36. The number of ether oxygens (including phenoxy) is 1. The number of aliphatic carboxylic acids is 1. The number of rotatable bonds is 7. The van der Waals surface area contributed by atoms with Gasteiger partial charge in [0.15, 0.2) is 0 Å². The SMILES string of the molecule is CCNS(=O)(=O)CCNC(=O)NC1(C(=O)O)CCOCC1. The van der Waals surface area contributed by atoms with E-state index in [1.54, 1.807) is 6.92 Å². The predicted molar refractivity (Wildman–Crippen MR) is 74.4 cm³/mol. The second kappa shape index (κ2) is 7.57. The van der Waals surface area contributed by atoms with Crippen molar-refractivity contribution in [2.24, 2.45) is 0 Å². The van der Waals surface area contributed by atoms with E-state index in [9.17, 15) is 23.1 Å². The van der Waals surface area contributed by atoms with E-state index in [1.807, 2.05) is 0 Å². The van der Waals surface area contributed by atoms with Crippen molar-refractivity contribution in [3.8, 4) is 0 Å². The Kier molecular flexibility index (Phi) is 6.37. The van der Waals surface area contributed by atoms with Crippen LogP contribution in [-0.4, -0.2) is 63.1 Å². The Hall–Kier alpha value is -1.39. The third kappa shape index (κ3) is 5.48. The molecular formula is C11H21N3O6S. The molecule has 2 amide bonds. The van der Waals surface area contributed by atoms with Gasteiger partial charge in [0.25, 0.3) is 0 Å². The highest BCUT2D eigenvalue weighted by atomic mass is 32.2. The third-order valence-corrected chi connectivity index (χ3v) is 4.60. The van der Waals surface area contributed by atoms with Gasteiger partial charge in [-0.1, -0.05) is 6.92 Å². The molecule has 122 valence electrons. The molecule has 1 aliphatic rings. The van der Waals surface area contributed by atoms with Crippen molar-refractivity contribution >= 4 is 22.0 Å². The van der Waals surface area contributed by atoms with Crippen LogP contribution >= 0.6 is 0 Å². The zero-order valence-corrected chi connectivity index (χ0v) is 12.7. The first-order valence-corrected chi connectivity index (χ1v) is 8.31. The van der Waals surface area contributed by atoms with Gasteiger partial charge in [-0.15, -0.1) is 0 Å². The number of carboxylic acid groups (broad SMARTS) is 1.